The Morgan fingerprint density at radius 3 is 1.75 bits per heavy atom. The third-order valence-corrected chi connectivity index (χ3v) is 4.78. The first-order valence-corrected chi connectivity index (χ1v) is 7.84. The van der Waals surface area contributed by atoms with E-state index in [-0.39, 0.29) is 11.8 Å². The van der Waals surface area contributed by atoms with Crippen LogP contribution in [0.15, 0.2) is 36.4 Å². The van der Waals surface area contributed by atoms with Gasteiger partial charge in [-0.15, -0.1) is 0 Å². The molecule has 3 nitrogen and oxygen atoms in total. The van der Waals surface area contributed by atoms with Crippen molar-refractivity contribution in [2.24, 2.45) is 0 Å². The van der Waals surface area contributed by atoms with Gasteiger partial charge in [-0.2, -0.15) is 4.39 Å². The first-order chi connectivity index (χ1) is 11.5. The van der Waals surface area contributed by atoms with E-state index in [9.17, 15) is 23.3 Å². The molecule has 0 aromatic heterocycles. The van der Waals surface area contributed by atoms with Gasteiger partial charge in [0, 0.05) is 6.07 Å². The highest BCUT2D eigenvalue weighted by Crippen LogP contribution is 2.41. The van der Waals surface area contributed by atoms with Gasteiger partial charge in [0.2, 0.25) is 5.82 Å². The second-order valence-electron chi connectivity index (χ2n) is 6.19. The molecule has 6 heteroatoms. The van der Waals surface area contributed by atoms with E-state index in [4.69, 9.17) is 0 Å². The summed E-state index contributed by atoms with van der Waals surface area (Å²) in [4.78, 5) is 9.93. The lowest BCUT2D eigenvalue weighted by Gasteiger charge is -2.29. The van der Waals surface area contributed by atoms with Gasteiger partial charge >= 0.3 is 5.69 Å². The predicted molar refractivity (Wildman–Crippen MR) is 83.4 cm³/mol. The second-order valence-corrected chi connectivity index (χ2v) is 6.19. The zero-order valence-electron chi connectivity index (χ0n) is 12.8. The lowest BCUT2D eigenvalue weighted by molar-refractivity contribution is -0.387. The molecule has 0 N–H and O–H groups in total. The molecule has 0 unspecified atom stereocenters. The van der Waals surface area contributed by atoms with Crippen molar-refractivity contribution < 1.29 is 18.1 Å². The van der Waals surface area contributed by atoms with Crippen LogP contribution in [0, 0.1) is 27.6 Å². The third-order valence-electron chi connectivity index (χ3n) is 4.78. The molecule has 2 aromatic rings. The first-order valence-electron chi connectivity index (χ1n) is 7.84. The van der Waals surface area contributed by atoms with Gasteiger partial charge in [0.1, 0.15) is 0 Å². The van der Waals surface area contributed by atoms with Crippen molar-refractivity contribution in [2.75, 3.05) is 0 Å². The summed E-state index contributed by atoms with van der Waals surface area (Å²) in [7, 11) is 0. The molecule has 0 heterocycles. The van der Waals surface area contributed by atoms with Gasteiger partial charge in [-0.25, -0.2) is 8.78 Å². The van der Waals surface area contributed by atoms with Gasteiger partial charge in [0.05, 0.1) is 4.92 Å². The summed E-state index contributed by atoms with van der Waals surface area (Å²) in [5.74, 6) is -2.23. The smallest absolute Gasteiger partial charge is 0.258 e. The van der Waals surface area contributed by atoms with Crippen LogP contribution in [0.3, 0.4) is 0 Å². The molecule has 0 spiro atoms. The maximum Gasteiger partial charge on any atom is 0.304 e. The van der Waals surface area contributed by atoms with Crippen LogP contribution >= 0.6 is 0 Å². The number of nitro benzene ring substituents is 1. The standard InChI is InChI=1S/C18H16F3NO2/c19-15-7-5-13(9-16(15)20)11-1-3-12(4-2-11)14-6-8-18(22(23)24)17(21)10-14/h5-12H,1-4H2. The fraction of sp³-hybridized carbons (Fsp3) is 0.333. The highest BCUT2D eigenvalue weighted by molar-refractivity contribution is 5.36. The van der Waals surface area contributed by atoms with Crippen LogP contribution in [0.25, 0.3) is 0 Å². The number of nitro groups is 1. The SMILES string of the molecule is O=[N+]([O-])c1ccc(C2CCC(c3ccc(F)c(F)c3)CC2)cc1F. The van der Waals surface area contributed by atoms with Crippen molar-refractivity contribution >= 4 is 5.69 Å². The molecule has 0 bridgehead atoms. The van der Waals surface area contributed by atoms with E-state index >= 15 is 0 Å². The van der Waals surface area contributed by atoms with E-state index in [1.807, 2.05) is 0 Å². The Balaban J connectivity index is 1.69. The van der Waals surface area contributed by atoms with Crippen molar-refractivity contribution in [1.82, 2.24) is 0 Å². The Morgan fingerprint density at radius 1 is 0.792 bits per heavy atom. The fourth-order valence-electron chi connectivity index (χ4n) is 3.45. The molecule has 126 valence electrons. The van der Waals surface area contributed by atoms with Gasteiger partial charge in [-0.3, -0.25) is 10.1 Å². The largest absolute Gasteiger partial charge is 0.304 e. The molecule has 24 heavy (non-hydrogen) atoms. The van der Waals surface area contributed by atoms with Crippen molar-refractivity contribution in [2.45, 2.75) is 37.5 Å². The lowest BCUT2D eigenvalue weighted by atomic mass is 9.76. The predicted octanol–water partition coefficient (Wildman–Crippen LogP) is 5.45. The Labute approximate surface area is 137 Å². The molecule has 1 aliphatic carbocycles. The molecule has 0 aliphatic heterocycles. The minimum atomic E-state index is -0.853. The zero-order valence-corrected chi connectivity index (χ0v) is 12.8. The topological polar surface area (TPSA) is 43.1 Å². The van der Waals surface area contributed by atoms with Crippen molar-refractivity contribution in [1.29, 1.82) is 0 Å². The molecule has 0 saturated heterocycles. The molecular weight excluding hydrogens is 319 g/mol. The Hall–Kier alpha value is -2.37. The number of nitrogens with zero attached hydrogens (tertiary/aromatic N) is 1. The van der Waals surface area contributed by atoms with E-state index in [0.717, 1.165) is 42.9 Å². The summed E-state index contributed by atoms with van der Waals surface area (Å²) >= 11 is 0. The molecule has 1 fully saturated rings. The summed E-state index contributed by atoms with van der Waals surface area (Å²) in [6, 6.07) is 8.03. The monoisotopic (exact) mass is 335 g/mol. The van der Waals surface area contributed by atoms with E-state index in [1.165, 1.54) is 18.2 Å². The van der Waals surface area contributed by atoms with E-state index in [1.54, 1.807) is 12.1 Å². The summed E-state index contributed by atoms with van der Waals surface area (Å²) in [6.07, 6.45) is 3.13. The number of halogens is 3. The van der Waals surface area contributed by atoms with Crippen LogP contribution in [-0.4, -0.2) is 4.92 Å². The van der Waals surface area contributed by atoms with Crippen LogP contribution in [0.5, 0.6) is 0 Å². The van der Waals surface area contributed by atoms with Crippen molar-refractivity contribution in [3.63, 3.8) is 0 Å². The fourth-order valence-corrected chi connectivity index (χ4v) is 3.45. The van der Waals surface area contributed by atoms with Gasteiger partial charge in [-0.05, 0) is 66.8 Å². The van der Waals surface area contributed by atoms with Gasteiger partial charge in [0.15, 0.2) is 11.6 Å². The molecule has 0 radical (unpaired) electrons. The second kappa shape index (κ2) is 6.63. The van der Waals surface area contributed by atoms with Gasteiger partial charge in [0.25, 0.3) is 0 Å². The van der Waals surface area contributed by atoms with Gasteiger partial charge in [-0.1, -0.05) is 12.1 Å². The highest BCUT2D eigenvalue weighted by Gasteiger charge is 2.25. The molecule has 2 aromatic carbocycles. The lowest BCUT2D eigenvalue weighted by Crippen LogP contribution is -2.13. The minimum Gasteiger partial charge on any atom is -0.258 e. The maximum atomic E-state index is 13.8. The Kier molecular flexibility index (Phi) is 4.55. The molecular formula is C18H16F3NO2. The first kappa shape index (κ1) is 16.5. The molecule has 0 atom stereocenters. The number of hydrogen-bond donors (Lipinski definition) is 0. The summed E-state index contributed by atoms with van der Waals surface area (Å²) in [6.45, 7) is 0. The van der Waals surface area contributed by atoms with E-state index in [0.29, 0.717) is 0 Å². The summed E-state index contributed by atoms with van der Waals surface area (Å²) in [5, 5.41) is 10.7. The molecule has 3 rings (SSSR count). The molecule has 0 amide bonds. The Morgan fingerprint density at radius 2 is 1.29 bits per heavy atom. The highest BCUT2D eigenvalue weighted by atomic mass is 19.2. The van der Waals surface area contributed by atoms with Crippen LogP contribution in [-0.2, 0) is 0 Å². The summed E-state index contributed by atoms with van der Waals surface area (Å²) < 4.78 is 40.1. The molecule has 1 saturated carbocycles. The number of rotatable bonds is 3. The average Bonchev–Trinajstić information content (AvgIpc) is 2.57. The van der Waals surface area contributed by atoms with Gasteiger partial charge < -0.3 is 0 Å². The van der Waals surface area contributed by atoms with E-state index in [2.05, 4.69) is 0 Å². The Bertz CT molecular complexity index is 771. The van der Waals surface area contributed by atoms with Crippen LogP contribution in [0.4, 0.5) is 18.9 Å². The zero-order chi connectivity index (χ0) is 17.3. The summed E-state index contributed by atoms with van der Waals surface area (Å²) in [5.41, 5.74) is 1.01. The van der Waals surface area contributed by atoms with Crippen LogP contribution in [0.2, 0.25) is 0 Å². The third kappa shape index (κ3) is 3.27. The van der Waals surface area contributed by atoms with Crippen molar-refractivity contribution in [3.05, 3.63) is 75.1 Å². The van der Waals surface area contributed by atoms with Crippen LogP contribution in [0.1, 0.15) is 48.6 Å². The van der Waals surface area contributed by atoms with Crippen LogP contribution < -0.4 is 0 Å². The van der Waals surface area contributed by atoms with Crippen molar-refractivity contribution in [3.8, 4) is 0 Å². The van der Waals surface area contributed by atoms with E-state index < -0.39 is 28.1 Å². The average molecular weight is 335 g/mol. The quantitative estimate of drug-likeness (QED) is 0.552. The number of hydrogen-bond acceptors (Lipinski definition) is 2. The number of benzene rings is 2. The normalized spacial score (nSPS) is 20.8. The molecule has 1 aliphatic rings. The minimum absolute atomic E-state index is 0.127. The maximum absolute atomic E-state index is 13.8.